The average Bonchev–Trinajstić information content (AvgIpc) is 2.75. The van der Waals surface area contributed by atoms with Gasteiger partial charge >= 0.3 is 0 Å². The zero-order valence-electron chi connectivity index (χ0n) is 14.3. The van der Waals surface area contributed by atoms with E-state index in [9.17, 15) is 0 Å². The molecule has 2 N–H and O–H groups in total. The van der Waals surface area contributed by atoms with Crippen LogP contribution in [-0.4, -0.2) is 49.0 Å². The molecule has 2 aliphatic heterocycles. The van der Waals surface area contributed by atoms with Crippen molar-refractivity contribution in [2.75, 3.05) is 20.1 Å². The molecule has 0 amide bonds. The Bertz CT molecular complexity index is 658. The minimum Gasteiger partial charge on any atom is -0.473 e. The van der Waals surface area contributed by atoms with Crippen LogP contribution in [0.5, 0.6) is 0 Å². The molecule has 2 aliphatic carbocycles. The highest BCUT2D eigenvalue weighted by Gasteiger charge is 2.32. The monoisotopic (exact) mass is 326 g/mol. The van der Waals surface area contributed by atoms with Crippen molar-refractivity contribution in [1.29, 1.82) is 0 Å². The highest BCUT2D eigenvalue weighted by atomic mass is 16.5. The smallest absolute Gasteiger partial charge is 0.221 e. The van der Waals surface area contributed by atoms with Crippen molar-refractivity contribution >= 4 is 11.6 Å². The first kappa shape index (κ1) is 15.8. The standard InChI is InChI=1S/C19H26N4O/c1-23-11-5-8-14(12-23)24-18-16-10-4-7-13-6-2-3-9-15(13)17(16)21-19(20)22-18/h2-3,9-10,13-14,19H,4-8,11-12,20H2,1H3. The van der Waals surface area contributed by atoms with Crippen LogP contribution in [0.3, 0.4) is 0 Å². The maximum Gasteiger partial charge on any atom is 0.221 e. The molecule has 4 rings (SSSR count). The van der Waals surface area contributed by atoms with Gasteiger partial charge in [0.1, 0.15) is 6.10 Å². The summed E-state index contributed by atoms with van der Waals surface area (Å²) in [5, 5.41) is 0. The topological polar surface area (TPSA) is 63.2 Å². The number of hydrogen-bond acceptors (Lipinski definition) is 5. The molecule has 0 bridgehead atoms. The third-order valence-corrected chi connectivity index (χ3v) is 5.27. The first-order chi connectivity index (χ1) is 11.7. The van der Waals surface area contributed by atoms with E-state index in [4.69, 9.17) is 10.5 Å². The Hall–Kier alpha value is -1.72. The molecule has 5 heteroatoms. The molecule has 0 aromatic carbocycles. The Balaban J connectivity index is 1.61. The van der Waals surface area contributed by atoms with Crippen molar-refractivity contribution in [3.63, 3.8) is 0 Å². The predicted octanol–water partition coefficient (Wildman–Crippen LogP) is 2.42. The van der Waals surface area contributed by atoms with Gasteiger partial charge in [0.15, 0.2) is 6.29 Å². The number of ether oxygens (including phenoxy) is 1. The van der Waals surface area contributed by atoms with Crippen molar-refractivity contribution in [2.24, 2.45) is 21.6 Å². The van der Waals surface area contributed by atoms with Gasteiger partial charge < -0.3 is 9.64 Å². The van der Waals surface area contributed by atoms with Crippen LogP contribution in [0.4, 0.5) is 0 Å². The van der Waals surface area contributed by atoms with Gasteiger partial charge in [-0.2, -0.15) is 0 Å². The molecule has 0 aromatic rings. The first-order valence-electron chi connectivity index (χ1n) is 9.05. The molecule has 0 radical (unpaired) electrons. The second-order valence-electron chi connectivity index (χ2n) is 7.15. The summed E-state index contributed by atoms with van der Waals surface area (Å²) in [6, 6.07) is 0. The van der Waals surface area contributed by atoms with Crippen LogP contribution < -0.4 is 5.73 Å². The second-order valence-corrected chi connectivity index (χ2v) is 7.15. The molecule has 1 saturated heterocycles. The van der Waals surface area contributed by atoms with E-state index < -0.39 is 6.29 Å². The van der Waals surface area contributed by atoms with E-state index >= 15 is 0 Å². The lowest BCUT2D eigenvalue weighted by atomic mass is 9.85. The van der Waals surface area contributed by atoms with Crippen LogP contribution in [0.25, 0.3) is 0 Å². The zero-order valence-corrected chi connectivity index (χ0v) is 14.3. The van der Waals surface area contributed by atoms with E-state index in [1.54, 1.807) is 0 Å². The normalized spacial score (nSPS) is 33.3. The molecule has 2 heterocycles. The van der Waals surface area contributed by atoms with Crippen molar-refractivity contribution in [1.82, 2.24) is 4.90 Å². The lowest BCUT2D eigenvalue weighted by Crippen LogP contribution is -2.40. The molecule has 128 valence electrons. The number of likely N-dealkylation sites (tertiary alicyclic amines) is 1. The van der Waals surface area contributed by atoms with E-state index in [2.05, 4.69) is 46.2 Å². The quantitative estimate of drug-likeness (QED) is 0.805. The Morgan fingerprint density at radius 1 is 1.29 bits per heavy atom. The van der Waals surface area contributed by atoms with Crippen molar-refractivity contribution in [2.45, 2.75) is 44.5 Å². The molecule has 0 aromatic heterocycles. The van der Waals surface area contributed by atoms with E-state index in [0.29, 0.717) is 11.8 Å². The lowest BCUT2D eigenvalue weighted by Gasteiger charge is -2.32. The summed E-state index contributed by atoms with van der Waals surface area (Å²) >= 11 is 0. The summed E-state index contributed by atoms with van der Waals surface area (Å²) in [7, 11) is 2.14. The molecule has 4 aliphatic rings. The van der Waals surface area contributed by atoms with Gasteiger partial charge in [-0.25, -0.2) is 9.98 Å². The molecule has 0 saturated carbocycles. The van der Waals surface area contributed by atoms with Crippen LogP contribution in [0.15, 0.2) is 45.4 Å². The van der Waals surface area contributed by atoms with Gasteiger partial charge in [0.25, 0.3) is 0 Å². The molecular formula is C19H26N4O. The average molecular weight is 326 g/mol. The van der Waals surface area contributed by atoms with Crippen LogP contribution in [0.2, 0.25) is 0 Å². The maximum absolute atomic E-state index is 6.31. The van der Waals surface area contributed by atoms with Gasteiger partial charge in [-0.05, 0) is 57.2 Å². The third kappa shape index (κ3) is 3.10. The predicted molar refractivity (Wildman–Crippen MR) is 97.1 cm³/mol. The van der Waals surface area contributed by atoms with Gasteiger partial charge in [0.05, 0.1) is 11.3 Å². The Kier molecular flexibility index (Phi) is 4.37. The van der Waals surface area contributed by atoms with Gasteiger partial charge in [0, 0.05) is 6.54 Å². The van der Waals surface area contributed by atoms with Crippen LogP contribution >= 0.6 is 0 Å². The molecule has 3 atom stereocenters. The van der Waals surface area contributed by atoms with E-state index in [1.807, 2.05) is 0 Å². The summed E-state index contributed by atoms with van der Waals surface area (Å²) in [4.78, 5) is 11.5. The summed E-state index contributed by atoms with van der Waals surface area (Å²) < 4.78 is 6.31. The minimum atomic E-state index is -0.556. The number of nitrogens with two attached hydrogens (primary N) is 1. The fourth-order valence-corrected chi connectivity index (χ4v) is 4.05. The van der Waals surface area contributed by atoms with Crippen LogP contribution in [0.1, 0.15) is 32.1 Å². The number of aliphatic imine (C=N–C) groups is 2. The van der Waals surface area contributed by atoms with Gasteiger partial charge in [-0.15, -0.1) is 0 Å². The van der Waals surface area contributed by atoms with Gasteiger partial charge in [-0.3, -0.25) is 5.73 Å². The molecular weight excluding hydrogens is 300 g/mol. The summed E-state index contributed by atoms with van der Waals surface area (Å²) in [6.07, 6.45) is 13.9. The molecule has 1 fully saturated rings. The van der Waals surface area contributed by atoms with Crippen molar-refractivity contribution in [3.05, 3.63) is 35.5 Å². The Labute approximate surface area is 143 Å². The fraction of sp³-hybridized carbons (Fsp3) is 0.579. The molecule has 3 unspecified atom stereocenters. The SMILES string of the molecule is CN1CCCC(OC2=NC(N)N=C3C2=CCCC2CC=CC=C32)C1. The highest BCUT2D eigenvalue weighted by molar-refractivity contribution is 6.29. The Morgan fingerprint density at radius 3 is 3.08 bits per heavy atom. The zero-order chi connectivity index (χ0) is 16.5. The third-order valence-electron chi connectivity index (χ3n) is 5.27. The largest absolute Gasteiger partial charge is 0.473 e. The summed E-state index contributed by atoms with van der Waals surface area (Å²) in [5.74, 6) is 1.23. The van der Waals surface area contributed by atoms with Crippen LogP contribution in [-0.2, 0) is 4.74 Å². The summed E-state index contributed by atoms with van der Waals surface area (Å²) in [6.45, 7) is 2.09. The number of fused-ring (bicyclic) bond motifs is 3. The summed E-state index contributed by atoms with van der Waals surface area (Å²) in [5.41, 5.74) is 9.45. The van der Waals surface area contributed by atoms with E-state index in [-0.39, 0.29) is 6.10 Å². The number of nitrogens with zero attached hydrogens (tertiary/aromatic N) is 3. The Morgan fingerprint density at radius 2 is 2.21 bits per heavy atom. The first-order valence-corrected chi connectivity index (χ1v) is 9.05. The number of allylic oxidation sites excluding steroid dienone is 5. The van der Waals surface area contributed by atoms with E-state index in [1.165, 1.54) is 12.0 Å². The molecule has 0 spiro atoms. The lowest BCUT2D eigenvalue weighted by molar-refractivity contribution is 0.0947. The molecule has 24 heavy (non-hydrogen) atoms. The number of rotatable bonds is 1. The van der Waals surface area contributed by atoms with Crippen LogP contribution in [0, 0.1) is 5.92 Å². The number of likely N-dealkylation sites (N-methyl/N-ethyl adjacent to an activating group) is 1. The maximum atomic E-state index is 6.31. The van der Waals surface area contributed by atoms with E-state index in [0.717, 1.165) is 50.1 Å². The van der Waals surface area contributed by atoms with Crippen molar-refractivity contribution < 1.29 is 4.74 Å². The number of hydrogen-bond donors (Lipinski definition) is 1. The fourth-order valence-electron chi connectivity index (χ4n) is 4.05. The second kappa shape index (κ2) is 6.65. The molecule has 5 nitrogen and oxygen atoms in total. The van der Waals surface area contributed by atoms with Gasteiger partial charge in [-0.1, -0.05) is 24.3 Å². The van der Waals surface area contributed by atoms with Gasteiger partial charge in [0.2, 0.25) is 5.90 Å². The van der Waals surface area contributed by atoms with Crippen molar-refractivity contribution in [3.8, 4) is 0 Å². The minimum absolute atomic E-state index is 0.189. The number of piperidine rings is 1. The highest BCUT2D eigenvalue weighted by Crippen LogP contribution is 2.34.